The van der Waals surface area contributed by atoms with Gasteiger partial charge in [0.25, 0.3) is 0 Å². The average Bonchev–Trinajstić information content (AvgIpc) is 3.14. The molecule has 3 aliphatic carbocycles. The molecule has 0 bridgehead atoms. The van der Waals surface area contributed by atoms with Gasteiger partial charge in [0.1, 0.15) is 23.2 Å². The fourth-order valence-corrected chi connectivity index (χ4v) is 8.69. The van der Waals surface area contributed by atoms with E-state index >= 15 is 0 Å². The number of carbonyl (C=O) groups excluding carboxylic acids is 1. The summed E-state index contributed by atoms with van der Waals surface area (Å²) in [5, 5.41) is 11.4. The first kappa shape index (κ1) is 25.9. The van der Waals surface area contributed by atoms with Gasteiger partial charge < -0.3 is 28.5 Å². The minimum Gasteiger partial charge on any atom is -0.507 e. The summed E-state index contributed by atoms with van der Waals surface area (Å²) in [6, 6.07) is 5.78. The molecule has 0 amide bonds. The lowest BCUT2D eigenvalue weighted by Crippen LogP contribution is -2.68. The Morgan fingerprint density at radius 2 is 1.89 bits per heavy atom. The Kier molecular flexibility index (Phi) is 6.24. The van der Waals surface area contributed by atoms with Gasteiger partial charge in [-0.15, -0.1) is 0 Å². The Labute approximate surface area is 215 Å². The molecule has 5 rings (SSSR count). The molecular formula is C28H40O7Si. The van der Waals surface area contributed by atoms with E-state index in [-0.39, 0.29) is 47.6 Å². The number of ketones is 1. The Balaban J connectivity index is 1.63. The molecule has 1 aliphatic heterocycles. The number of methoxy groups -OCH3 is 2. The zero-order valence-corrected chi connectivity index (χ0v) is 23.7. The van der Waals surface area contributed by atoms with E-state index in [0.717, 1.165) is 12.0 Å². The maximum absolute atomic E-state index is 14.3. The number of aliphatic hydroxyl groups excluding tert-OH is 1. The first-order valence-corrected chi connectivity index (χ1v) is 16.4. The van der Waals surface area contributed by atoms with E-state index in [9.17, 15) is 9.90 Å². The number of rotatable bonds is 5. The number of allylic oxidation sites excluding steroid dienone is 1. The maximum atomic E-state index is 14.3. The van der Waals surface area contributed by atoms with E-state index in [1.807, 2.05) is 39.0 Å². The van der Waals surface area contributed by atoms with Gasteiger partial charge in [-0.05, 0) is 83.1 Å². The SMILES string of the molecule is COc1cccc2c1C(O)=C1C(=O)C3C[C@@](O[Si](C)(C)C)([C@@H](C)OC)[C@@H]4OC(C)(C)O[C@@H]4[C@H]3CC1C2. The summed E-state index contributed by atoms with van der Waals surface area (Å²) in [4.78, 5) is 14.3. The second kappa shape index (κ2) is 8.66. The van der Waals surface area contributed by atoms with Crippen molar-refractivity contribution < 1.29 is 33.3 Å². The molecule has 198 valence electrons. The zero-order chi connectivity index (χ0) is 26.2. The molecule has 2 saturated carbocycles. The highest BCUT2D eigenvalue weighted by Gasteiger charge is 2.66. The number of benzene rings is 1. The van der Waals surface area contributed by atoms with E-state index < -0.39 is 19.7 Å². The highest BCUT2D eigenvalue weighted by atomic mass is 28.4. The summed E-state index contributed by atoms with van der Waals surface area (Å²) in [7, 11) is 1.18. The van der Waals surface area contributed by atoms with Crippen LogP contribution < -0.4 is 4.74 Å². The van der Waals surface area contributed by atoms with E-state index in [4.69, 9.17) is 23.4 Å². The Bertz CT molecular complexity index is 1090. The molecule has 1 N–H and O–H groups in total. The smallest absolute Gasteiger partial charge is 0.184 e. The van der Waals surface area contributed by atoms with Gasteiger partial charge in [-0.2, -0.15) is 0 Å². The molecule has 1 aromatic carbocycles. The van der Waals surface area contributed by atoms with Gasteiger partial charge in [0.05, 0.1) is 24.9 Å². The van der Waals surface area contributed by atoms with Crippen LogP contribution in [0.5, 0.6) is 5.75 Å². The molecular weight excluding hydrogens is 476 g/mol. The lowest BCUT2D eigenvalue weighted by Gasteiger charge is -2.55. The van der Waals surface area contributed by atoms with Crippen LogP contribution in [0.3, 0.4) is 0 Å². The minimum absolute atomic E-state index is 0.0103. The van der Waals surface area contributed by atoms with Gasteiger partial charge in [-0.25, -0.2) is 0 Å². The first-order valence-electron chi connectivity index (χ1n) is 13.0. The molecule has 36 heavy (non-hydrogen) atoms. The van der Waals surface area contributed by atoms with Gasteiger partial charge >= 0.3 is 0 Å². The number of hydrogen-bond acceptors (Lipinski definition) is 7. The Hall–Kier alpha value is -1.71. The van der Waals surface area contributed by atoms with Crippen LogP contribution in [-0.4, -0.2) is 63.1 Å². The molecule has 1 saturated heterocycles. The molecule has 1 heterocycles. The number of aliphatic hydroxyl groups is 1. The summed E-state index contributed by atoms with van der Waals surface area (Å²) < 4.78 is 31.5. The van der Waals surface area contributed by atoms with Crippen molar-refractivity contribution in [2.75, 3.05) is 14.2 Å². The van der Waals surface area contributed by atoms with Gasteiger partial charge in [0, 0.05) is 18.6 Å². The van der Waals surface area contributed by atoms with E-state index in [0.29, 0.717) is 29.7 Å². The predicted molar refractivity (Wildman–Crippen MR) is 138 cm³/mol. The second-order valence-electron chi connectivity index (χ2n) is 12.3. The molecule has 1 aromatic rings. The second-order valence-corrected chi connectivity index (χ2v) is 16.7. The van der Waals surface area contributed by atoms with Crippen molar-refractivity contribution in [3.63, 3.8) is 0 Å². The van der Waals surface area contributed by atoms with Crippen LogP contribution >= 0.6 is 0 Å². The van der Waals surface area contributed by atoms with Gasteiger partial charge in [-0.3, -0.25) is 4.79 Å². The largest absolute Gasteiger partial charge is 0.507 e. The van der Waals surface area contributed by atoms with Crippen molar-refractivity contribution in [1.82, 2.24) is 0 Å². The lowest BCUT2D eigenvalue weighted by molar-refractivity contribution is -0.201. The summed E-state index contributed by atoms with van der Waals surface area (Å²) in [6.45, 7) is 12.3. The van der Waals surface area contributed by atoms with Crippen LogP contribution in [0.2, 0.25) is 19.6 Å². The van der Waals surface area contributed by atoms with E-state index in [1.54, 1.807) is 14.2 Å². The first-order chi connectivity index (χ1) is 16.8. The van der Waals surface area contributed by atoms with Gasteiger partial charge in [0.2, 0.25) is 0 Å². The number of ether oxygens (including phenoxy) is 4. The van der Waals surface area contributed by atoms with E-state index in [1.165, 1.54) is 0 Å². The van der Waals surface area contributed by atoms with Crippen LogP contribution in [0.1, 0.15) is 44.7 Å². The third kappa shape index (κ3) is 3.96. The molecule has 8 heteroatoms. The molecule has 4 aliphatic rings. The van der Waals surface area contributed by atoms with Crippen molar-refractivity contribution in [2.24, 2.45) is 17.8 Å². The molecule has 0 spiro atoms. The maximum Gasteiger partial charge on any atom is 0.184 e. The van der Waals surface area contributed by atoms with Crippen LogP contribution in [-0.2, 0) is 29.9 Å². The van der Waals surface area contributed by atoms with Crippen LogP contribution in [0.4, 0.5) is 0 Å². The fraction of sp³-hybridized carbons (Fsp3) is 0.679. The number of hydrogen-bond donors (Lipinski definition) is 1. The third-order valence-electron chi connectivity index (χ3n) is 8.48. The lowest BCUT2D eigenvalue weighted by atomic mass is 9.56. The van der Waals surface area contributed by atoms with Crippen molar-refractivity contribution in [3.8, 4) is 5.75 Å². The fourth-order valence-electron chi connectivity index (χ4n) is 7.18. The average molecular weight is 517 g/mol. The van der Waals surface area contributed by atoms with Crippen molar-refractivity contribution in [1.29, 1.82) is 0 Å². The third-order valence-corrected chi connectivity index (χ3v) is 9.48. The summed E-state index contributed by atoms with van der Waals surface area (Å²) >= 11 is 0. The quantitative estimate of drug-likeness (QED) is 0.558. The van der Waals surface area contributed by atoms with Crippen LogP contribution in [0, 0.1) is 17.8 Å². The minimum atomic E-state index is -2.09. The van der Waals surface area contributed by atoms with Crippen LogP contribution in [0.25, 0.3) is 5.76 Å². The summed E-state index contributed by atoms with van der Waals surface area (Å²) in [5.41, 5.74) is 1.34. The normalized spacial score (nSPS) is 36.0. The number of carbonyl (C=O) groups is 1. The highest BCUT2D eigenvalue weighted by Crippen LogP contribution is 2.57. The number of Topliss-reactive ketones (excluding diaryl/α,β-unsaturated/α-hetero) is 1. The number of fused-ring (bicyclic) bond motifs is 5. The zero-order valence-electron chi connectivity index (χ0n) is 22.7. The predicted octanol–water partition coefficient (Wildman–Crippen LogP) is 4.89. The molecule has 7 nitrogen and oxygen atoms in total. The molecule has 0 aromatic heterocycles. The van der Waals surface area contributed by atoms with Crippen molar-refractivity contribution >= 4 is 19.9 Å². The van der Waals surface area contributed by atoms with Crippen molar-refractivity contribution in [3.05, 3.63) is 34.9 Å². The molecule has 3 fully saturated rings. The monoisotopic (exact) mass is 516 g/mol. The Morgan fingerprint density at radius 1 is 1.17 bits per heavy atom. The van der Waals surface area contributed by atoms with Crippen LogP contribution in [0.15, 0.2) is 23.8 Å². The van der Waals surface area contributed by atoms with E-state index in [2.05, 4.69) is 19.6 Å². The molecule has 7 atom stereocenters. The Morgan fingerprint density at radius 3 is 2.53 bits per heavy atom. The van der Waals surface area contributed by atoms with Gasteiger partial charge in [0.15, 0.2) is 19.9 Å². The van der Waals surface area contributed by atoms with Gasteiger partial charge in [-0.1, -0.05) is 12.1 Å². The molecule has 0 radical (unpaired) electrons. The summed E-state index contributed by atoms with van der Waals surface area (Å²) in [6.07, 6.45) is 0.949. The highest BCUT2D eigenvalue weighted by molar-refractivity contribution is 6.69. The standard InChI is InChI=1S/C28H40O7Si/c1-15(31-4)28(35-36(6,7)8)14-19-18(25-26(28)34-27(2,3)33-25)13-17-12-16-10-9-11-20(32-5)21(16)24(30)22(17)23(19)29/h9-11,15,17-19,25-26,30H,12-14H2,1-8H3/t15-,17?,18+,19?,25-,26-,28-/m1/s1. The van der Waals surface area contributed by atoms with Crippen molar-refractivity contribution in [2.45, 2.75) is 89.4 Å². The summed E-state index contributed by atoms with van der Waals surface area (Å²) in [5.74, 6) is -0.610. The topological polar surface area (TPSA) is 83.5 Å². The molecule has 2 unspecified atom stereocenters.